The van der Waals surface area contributed by atoms with E-state index in [9.17, 15) is 4.79 Å². The maximum Gasteiger partial charge on any atom is 0.321 e. The smallest absolute Gasteiger partial charge is 0.321 e. The molecule has 1 N–H and O–H groups in total. The largest absolute Gasteiger partial charge is 0.480 e. The van der Waals surface area contributed by atoms with E-state index >= 15 is 0 Å². The number of nitriles is 1. The van der Waals surface area contributed by atoms with Crippen LogP contribution < -0.4 is 0 Å². The number of hydrogen-bond acceptors (Lipinski definition) is 2. The van der Waals surface area contributed by atoms with Gasteiger partial charge in [0.1, 0.15) is 5.38 Å². The topological polar surface area (TPSA) is 61.1 Å². The zero-order valence-electron chi connectivity index (χ0n) is 7.27. The van der Waals surface area contributed by atoms with Gasteiger partial charge in [-0.05, 0) is 11.6 Å². The average Bonchev–Trinajstić information content (AvgIpc) is 2.18. The molecule has 1 aromatic rings. The third kappa shape index (κ3) is 2.48. The van der Waals surface area contributed by atoms with Crippen LogP contribution in [-0.2, 0) is 11.2 Å². The van der Waals surface area contributed by atoms with Crippen molar-refractivity contribution in [1.82, 2.24) is 0 Å². The van der Waals surface area contributed by atoms with E-state index in [4.69, 9.17) is 22.0 Å². The van der Waals surface area contributed by atoms with Crippen molar-refractivity contribution in [2.24, 2.45) is 0 Å². The van der Waals surface area contributed by atoms with E-state index in [-0.39, 0.29) is 6.42 Å². The molecule has 0 aliphatic heterocycles. The summed E-state index contributed by atoms with van der Waals surface area (Å²) in [7, 11) is 0. The SMILES string of the molecule is N#Cc1ccccc1CC(Cl)C(=O)O. The normalized spacial score (nSPS) is 11.7. The highest BCUT2D eigenvalue weighted by Gasteiger charge is 2.15. The van der Waals surface area contributed by atoms with Crippen molar-refractivity contribution < 1.29 is 9.90 Å². The Morgan fingerprint density at radius 1 is 1.57 bits per heavy atom. The van der Waals surface area contributed by atoms with Crippen LogP contribution in [0.15, 0.2) is 24.3 Å². The van der Waals surface area contributed by atoms with Gasteiger partial charge >= 0.3 is 5.97 Å². The number of nitrogens with zero attached hydrogens (tertiary/aromatic N) is 1. The van der Waals surface area contributed by atoms with Gasteiger partial charge in [0.05, 0.1) is 11.6 Å². The van der Waals surface area contributed by atoms with Crippen LogP contribution in [0.5, 0.6) is 0 Å². The van der Waals surface area contributed by atoms with Crippen LogP contribution in [0.4, 0.5) is 0 Å². The summed E-state index contributed by atoms with van der Waals surface area (Å²) in [6, 6.07) is 8.81. The predicted molar refractivity (Wildman–Crippen MR) is 52.1 cm³/mol. The Bertz CT molecular complexity index is 384. The van der Waals surface area contributed by atoms with E-state index in [0.717, 1.165) is 0 Å². The van der Waals surface area contributed by atoms with E-state index in [2.05, 4.69) is 0 Å². The molecule has 0 saturated carbocycles. The lowest BCUT2D eigenvalue weighted by molar-refractivity contribution is -0.136. The van der Waals surface area contributed by atoms with Crippen molar-refractivity contribution in [3.05, 3.63) is 35.4 Å². The second kappa shape index (κ2) is 4.64. The van der Waals surface area contributed by atoms with Gasteiger partial charge in [-0.1, -0.05) is 18.2 Å². The van der Waals surface area contributed by atoms with E-state index in [1.54, 1.807) is 24.3 Å². The van der Waals surface area contributed by atoms with Gasteiger partial charge in [-0.15, -0.1) is 11.6 Å². The van der Waals surface area contributed by atoms with Crippen molar-refractivity contribution >= 4 is 17.6 Å². The van der Waals surface area contributed by atoms with Crippen LogP contribution in [-0.4, -0.2) is 16.5 Å². The number of halogens is 1. The Hall–Kier alpha value is -1.53. The third-order valence-corrected chi connectivity index (χ3v) is 2.15. The van der Waals surface area contributed by atoms with Gasteiger partial charge in [-0.25, -0.2) is 0 Å². The lowest BCUT2D eigenvalue weighted by atomic mass is 10.0. The van der Waals surface area contributed by atoms with Gasteiger partial charge in [0.25, 0.3) is 0 Å². The number of alkyl halides is 1. The van der Waals surface area contributed by atoms with Crippen LogP contribution >= 0.6 is 11.6 Å². The minimum Gasteiger partial charge on any atom is -0.480 e. The maximum absolute atomic E-state index is 10.5. The first kappa shape index (κ1) is 10.6. The van der Waals surface area contributed by atoms with Crippen LogP contribution in [0.25, 0.3) is 0 Å². The molecule has 72 valence electrons. The third-order valence-electron chi connectivity index (χ3n) is 1.80. The molecule has 0 radical (unpaired) electrons. The summed E-state index contributed by atoms with van der Waals surface area (Å²) in [5, 5.41) is 16.3. The Balaban J connectivity index is 2.87. The zero-order chi connectivity index (χ0) is 10.6. The highest BCUT2D eigenvalue weighted by atomic mass is 35.5. The van der Waals surface area contributed by atoms with Crippen LogP contribution in [0.1, 0.15) is 11.1 Å². The molecule has 0 bridgehead atoms. The molecule has 0 heterocycles. The van der Waals surface area contributed by atoms with Crippen molar-refractivity contribution in [3.63, 3.8) is 0 Å². The molecule has 0 saturated heterocycles. The predicted octanol–water partition coefficient (Wildman–Crippen LogP) is 1.79. The number of aliphatic carboxylic acids is 1. The van der Waals surface area contributed by atoms with Gasteiger partial charge in [-0.3, -0.25) is 4.79 Å². The molecule has 3 nitrogen and oxygen atoms in total. The van der Waals surface area contributed by atoms with Crippen molar-refractivity contribution in [2.45, 2.75) is 11.8 Å². The summed E-state index contributed by atoms with van der Waals surface area (Å²) < 4.78 is 0. The molecule has 1 aromatic carbocycles. The summed E-state index contributed by atoms with van der Waals surface area (Å²) in [5.74, 6) is -1.07. The van der Waals surface area contributed by atoms with Gasteiger partial charge in [0, 0.05) is 6.42 Å². The Morgan fingerprint density at radius 3 is 2.79 bits per heavy atom. The fraction of sp³-hybridized carbons (Fsp3) is 0.200. The number of carboxylic acid groups (broad SMARTS) is 1. The molecule has 0 aliphatic rings. The fourth-order valence-corrected chi connectivity index (χ4v) is 1.25. The van der Waals surface area contributed by atoms with Gasteiger partial charge in [0.2, 0.25) is 0 Å². The molecule has 1 unspecified atom stereocenters. The van der Waals surface area contributed by atoms with Crippen molar-refractivity contribution in [2.75, 3.05) is 0 Å². The van der Waals surface area contributed by atoms with Crippen LogP contribution in [0.3, 0.4) is 0 Å². The monoisotopic (exact) mass is 209 g/mol. The molecular weight excluding hydrogens is 202 g/mol. The molecular formula is C10H8ClNO2. The molecule has 14 heavy (non-hydrogen) atoms. The average molecular weight is 210 g/mol. The fourth-order valence-electron chi connectivity index (χ4n) is 1.09. The lowest BCUT2D eigenvalue weighted by Gasteiger charge is -2.05. The Kier molecular flexibility index (Phi) is 3.49. The summed E-state index contributed by atoms with van der Waals surface area (Å²) in [6.07, 6.45) is 0.167. The first-order valence-corrected chi connectivity index (χ1v) is 4.43. The number of carbonyl (C=O) groups is 1. The highest BCUT2D eigenvalue weighted by molar-refractivity contribution is 6.29. The minimum absolute atomic E-state index is 0.167. The highest BCUT2D eigenvalue weighted by Crippen LogP contribution is 2.12. The Morgan fingerprint density at radius 2 is 2.21 bits per heavy atom. The summed E-state index contributed by atoms with van der Waals surface area (Å²) >= 11 is 5.57. The summed E-state index contributed by atoms with van der Waals surface area (Å²) in [6.45, 7) is 0. The van der Waals surface area contributed by atoms with E-state index < -0.39 is 11.3 Å². The molecule has 4 heteroatoms. The minimum atomic E-state index is -1.07. The van der Waals surface area contributed by atoms with Crippen LogP contribution in [0.2, 0.25) is 0 Å². The number of carboxylic acids is 1. The molecule has 0 aromatic heterocycles. The summed E-state index contributed by atoms with van der Waals surface area (Å²) in [4.78, 5) is 10.5. The molecule has 0 fully saturated rings. The molecule has 0 aliphatic carbocycles. The van der Waals surface area contributed by atoms with E-state index in [1.165, 1.54) is 0 Å². The van der Waals surface area contributed by atoms with Crippen molar-refractivity contribution in [3.8, 4) is 6.07 Å². The van der Waals surface area contributed by atoms with Gasteiger partial charge in [-0.2, -0.15) is 5.26 Å². The summed E-state index contributed by atoms with van der Waals surface area (Å²) in [5.41, 5.74) is 1.14. The Labute approximate surface area is 86.5 Å². The molecule has 1 atom stereocenters. The maximum atomic E-state index is 10.5. The van der Waals surface area contributed by atoms with Gasteiger partial charge in [0.15, 0.2) is 0 Å². The first-order chi connectivity index (χ1) is 6.65. The van der Waals surface area contributed by atoms with E-state index in [1.807, 2.05) is 6.07 Å². The van der Waals surface area contributed by atoms with E-state index in [0.29, 0.717) is 11.1 Å². The molecule has 1 rings (SSSR count). The lowest BCUT2D eigenvalue weighted by Crippen LogP contribution is -2.16. The first-order valence-electron chi connectivity index (χ1n) is 4.00. The second-order valence-electron chi connectivity index (χ2n) is 2.78. The van der Waals surface area contributed by atoms with Gasteiger partial charge < -0.3 is 5.11 Å². The second-order valence-corrected chi connectivity index (χ2v) is 3.31. The standard InChI is InChI=1S/C10H8ClNO2/c11-9(10(13)14)5-7-3-1-2-4-8(7)6-12/h1-4,9H,5H2,(H,13,14). The number of rotatable bonds is 3. The molecule has 0 amide bonds. The van der Waals surface area contributed by atoms with Crippen molar-refractivity contribution in [1.29, 1.82) is 5.26 Å². The zero-order valence-corrected chi connectivity index (χ0v) is 8.03. The van der Waals surface area contributed by atoms with Crippen LogP contribution in [0, 0.1) is 11.3 Å². The number of benzene rings is 1. The quantitative estimate of drug-likeness (QED) is 0.773. The number of hydrogen-bond donors (Lipinski definition) is 1. The molecule has 0 spiro atoms.